The molecule has 4 aromatic rings. The summed E-state index contributed by atoms with van der Waals surface area (Å²) in [7, 11) is 0. The van der Waals surface area contributed by atoms with Gasteiger partial charge in [0.2, 0.25) is 5.89 Å². The Kier molecular flexibility index (Phi) is 7.95. The minimum Gasteiger partial charge on any atom is -0.477 e. The summed E-state index contributed by atoms with van der Waals surface area (Å²) in [5, 5.41) is 16.5. The number of aryl methyl sites for hydroxylation is 2. The summed E-state index contributed by atoms with van der Waals surface area (Å²) in [4.78, 5) is 13.7. The number of benzene rings is 2. The molecule has 2 heterocycles. The van der Waals surface area contributed by atoms with Crippen molar-refractivity contribution in [3.05, 3.63) is 89.7 Å². The van der Waals surface area contributed by atoms with Gasteiger partial charge in [0.15, 0.2) is 5.89 Å². The van der Waals surface area contributed by atoms with E-state index in [0.717, 1.165) is 16.7 Å². The summed E-state index contributed by atoms with van der Waals surface area (Å²) < 4.78 is 5.68. The van der Waals surface area contributed by atoms with Gasteiger partial charge in [0, 0.05) is 31.9 Å². The maximum atomic E-state index is 10.1. The molecule has 0 aliphatic carbocycles. The Bertz CT molecular complexity index is 987. The van der Waals surface area contributed by atoms with Crippen LogP contribution in [0.4, 0.5) is 0 Å². The Morgan fingerprint density at radius 3 is 2.17 bits per heavy atom. The van der Waals surface area contributed by atoms with E-state index in [-0.39, 0.29) is 25.8 Å². The second-order valence-corrected chi connectivity index (χ2v) is 6.08. The number of aromatic nitrogens is 3. The van der Waals surface area contributed by atoms with Crippen molar-refractivity contribution in [2.24, 2.45) is 0 Å². The van der Waals surface area contributed by atoms with Crippen LogP contribution in [0.5, 0.6) is 0 Å². The molecule has 2 aromatic carbocycles. The molecule has 149 valence electrons. The molecule has 1 radical (unpaired) electrons. The molecule has 0 saturated heterocycles. The molecule has 0 unspecified atom stereocenters. The average molecular weight is 565 g/mol. The normalized spacial score (nSPS) is 9.72. The first-order valence-electron chi connectivity index (χ1n) is 8.56. The predicted molar refractivity (Wildman–Crippen MR) is 105 cm³/mol. The first-order valence-corrected chi connectivity index (χ1v) is 8.56. The van der Waals surface area contributed by atoms with E-state index in [9.17, 15) is 4.79 Å². The Hall–Kier alpha value is -3.15. The first kappa shape index (κ1) is 22.1. The van der Waals surface area contributed by atoms with Crippen molar-refractivity contribution in [3.63, 3.8) is 0 Å². The number of carbonyl (C=O) groups is 1. The van der Waals surface area contributed by atoms with E-state index in [1.807, 2.05) is 56.3 Å². The fourth-order valence-corrected chi connectivity index (χ4v) is 2.27. The van der Waals surface area contributed by atoms with Crippen LogP contribution in [-0.2, 0) is 20.1 Å². The molecule has 0 aliphatic heterocycles. The molecular weight excluding hydrogens is 546 g/mol. The SMILES string of the molecule is Cc1c[c-]c(-c2nnc(-c3ccc(C)cc3)o2)cc1.O=C(O)c1ccccn1.[Ir]. The summed E-state index contributed by atoms with van der Waals surface area (Å²) in [5.41, 5.74) is 4.18. The van der Waals surface area contributed by atoms with Crippen LogP contribution in [0, 0.1) is 19.9 Å². The predicted octanol–water partition coefficient (Wildman–Crippen LogP) is 4.60. The fourth-order valence-electron chi connectivity index (χ4n) is 2.27. The summed E-state index contributed by atoms with van der Waals surface area (Å²) >= 11 is 0. The Balaban J connectivity index is 0.000000255. The van der Waals surface area contributed by atoms with Crippen molar-refractivity contribution in [1.29, 1.82) is 0 Å². The molecule has 0 saturated carbocycles. The summed E-state index contributed by atoms with van der Waals surface area (Å²) in [6, 6.07) is 21.7. The van der Waals surface area contributed by atoms with E-state index in [1.54, 1.807) is 12.1 Å². The second kappa shape index (κ2) is 10.4. The van der Waals surface area contributed by atoms with E-state index in [4.69, 9.17) is 9.52 Å². The molecule has 4 rings (SSSR count). The van der Waals surface area contributed by atoms with Crippen LogP contribution in [0.1, 0.15) is 21.6 Å². The van der Waals surface area contributed by atoms with Gasteiger partial charge in [-0.1, -0.05) is 36.2 Å². The third-order valence-corrected chi connectivity index (χ3v) is 3.81. The average Bonchev–Trinajstić information content (AvgIpc) is 3.20. The standard InChI is InChI=1S/C16H13N2O.C6H5NO2.Ir/c1-11-3-7-13(8-4-11)15-17-18-16(19-15)14-9-5-12(2)6-10-14;8-6(9)5-3-1-2-4-7-5;/h3-9H,1-2H3;1-4H,(H,8,9);/q-1;;. The number of nitrogens with zero attached hydrogens (tertiary/aromatic N) is 3. The molecule has 6 nitrogen and oxygen atoms in total. The van der Waals surface area contributed by atoms with Gasteiger partial charge >= 0.3 is 5.97 Å². The zero-order valence-electron chi connectivity index (χ0n) is 15.8. The van der Waals surface area contributed by atoms with Gasteiger partial charge < -0.3 is 9.52 Å². The Morgan fingerprint density at radius 2 is 1.62 bits per heavy atom. The van der Waals surface area contributed by atoms with Crippen molar-refractivity contribution in [2.45, 2.75) is 13.8 Å². The number of carboxylic acid groups (broad SMARTS) is 1. The minimum absolute atomic E-state index is 0. The van der Waals surface area contributed by atoms with Gasteiger partial charge in [0.25, 0.3) is 0 Å². The van der Waals surface area contributed by atoms with E-state index in [2.05, 4.69) is 21.2 Å². The molecule has 29 heavy (non-hydrogen) atoms. The van der Waals surface area contributed by atoms with Crippen LogP contribution in [0.2, 0.25) is 0 Å². The van der Waals surface area contributed by atoms with Gasteiger partial charge in [-0.05, 0) is 31.2 Å². The summed E-state index contributed by atoms with van der Waals surface area (Å²) in [6.07, 6.45) is 1.45. The van der Waals surface area contributed by atoms with Crippen LogP contribution in [0.25, 0.3) is 22.9 Å². The maximum absolute atomic E-state index is 10.1. The van der Waals surface area contributed by atoms with E-state index in [1.165, 1.54) is 17.8 Å². The molecular formula is C22H18IrN3O3-. The van der Waals surface area contributed by atoms with Crippen LogP contribution >= 0.6 is 0 Å². The van der Waals surface area contributed by atoms with Gasteiger partial charge in [0.1, 0.15) is 5.69 Å². The zero-order valence-corrected chi connectivity index (χ0v) is 18.2. The Labute approximate surface area is 182 Å². The summed E-state index contributed by atoms with van der Waals surface area (Å²) in [5.74, 6) is 0.0372. The molecule has 0 aliphatic rings. The monoisotopic (exact) mass is 565 g/mol. The molecule has 1 N–H and O–H groups in total. The third kappa shape index (κ3) is 6.17. The zero-order chi connectivity index (χ0) is 19.9. The number of pyridine rings is 1. The number of aromatic carboxylic acids is 1. The van der Waals surface area contributed by atoms with Crippen molar-refractivity contribution in [2.75, 3.05) is 0 Å². The molecule has 0 amide bonds. The van der Waals surface area contributed by atoms with Gasteiger partial charge in [-0.2, -0.15) is 5.10 Å². The van der Waals surface area contributed by atoms with Crippen molar-refractivity contribution < 1.29 is 34.4 Å². The van der Waals surface area contributed by atoms with Gasteiger partial charge in [-0.3, -0.25) is 0 Å². The van der Waals surface area contributed by atoms with Gasteiger partial charge in [-0.25, -0.2) is 9.78 Å². The van der Waals surface area contributed by atoms with E-state index in [0.29, 0.717) is 11.8 Å². The summed E-state index contributed by atoms with van der Waals surface area (Å²) in [6.45, 7) is 4.07. The largest absolute Gasteiger partial charge is 0.477 e. The molecule has 0 bridgehead atoms. The van der Waals surface area contributed by atoms with Crippen LogP contribution < -0.4 is 0 Å². The first-order chi connectivity index (χ1) is 13.5. The van der Waals surface area contributed by atoms with E-state index < -0.39 is 5.97 Å². The topological polar surface area (TPSA) is 89.1 Å². The van der Waals surface area contributed by atoms with Gasteiger partial charge in [0.05, 0.1) is 0 Å². The number of carboxylic acids is 1. The smallest absolute Gasteiger partial charge is 0.354 e. The minimum atomic E-state index is -0.990. The molecule has 0 atom stereocenters. The number of rotatable bonds is 3. The molecule has 2 aromatic heterocycles. The van der Waals surface area contributed by atoms with Crippen molar-refractivity contribution in [3.8, 4) is 22.9 Å². The number of hydrogen-bond donors (Lipinski definition) is 1. The van der Waals surface area contributed by atoms with Crippen molar-refractivity contribution in [1.82, 2.24) is 15.2 Å². The molecule has 0 spiro atoms. The van der Waals surface area contributed by atoms with Crippen LogP contribution in [0.3, 0.4) is 0 Å². The quantitative estimate of drug-likeness (QED) is 0.366. The van der Waals surface area contributed by atoms with Crippen LogP contribution in [0.15, 0.2) is 71.3 Å². The van der Waals surface area contributed by atoms with Crippen LogP contribution in [-0.4, -0.2) is 26.3 Å². The molecule has 7 heteroatoms. The third-order valence-electron chi connectivity index (χ3n) is 3.81. The Morgan fingerprint density at radius 1 is 0.931 bits per heavy atom. The second-order valence-electron chi connectivity index (χ2n) is 6.08. The number of hydrogen-bond acceptors (Lipinski definition) is 5. The molecule has 0 fully saturated rings. The van der Waals surface area contributed by atoms with Gasteiger partial charge in [-0.15, -0.1) is 34.9 Å². The van der Waals surface area contributed by atoms with E-state index >= 15 is 0 Å². The fraction of sp³-hybridized carbons (Fsp3) is 0.0909. The maximum Gasteiger partial charge on any atom is 0.354 e. The van der Waals surface area contributed by atoms with Crippen molar-refractivity contribution >= 4 is 5.97 Å².